The highest BCUT2D eigenvalue weighted by Crippen LogP contribution is 2.33. The van der Waals surface area contributed by atoms with E-state index in [0.29, 0.717) is 21.7 Å². The lowest BCUT2D eigenvalue weighted by atomic mass is 10.2. The first kappa shape index (κ1) is 21.8. The van der Waals surface area contributed by atoms with E-state index in [9.17, 15) is 19.7 Å². The number of amides is 1. The third-order valence-corrected chi connectivity index (χ3v) is 6.42. The Hall–Kier alpha value is -3.40. The highest BCUT2D eigenvalue weighted by atomic mass is 32.2. The van der Waals surface area contributed by atoms with Gasteiger partial charge in [0, 0.05) is 12.1 Å². The number of nitro benzene ring substituents is 1. The zero-order chi connectivity index (χ0) is 22.7. The maximum absolute atomic E-state index is 13.2. The van der Waals surface area contributed by atoms with Crippen molar-refractivity contribution in [3.8, 4) is 5.75 Å². The molecule has 1 aliphatic carbocycles. The molecule has 0 unspecified atom stereocenters. The maximum Gasteiger partial charge on any atom is 0.273 e. The molecule has 9 nitrogen and oxygen atoms in total. The lowest BCUT2D eigenvalue weighted by Crippen LogP contribution is -2.27. The third-order valence-electron chi connectivity index (χ3n) is 5.47. The van der Waals surface area contributed by atoms with Gasteiger partial charge in [-0.05, 0) is 31.0 Å². The van der Waals surface area contributed by atoms with E-state index in [-0.39, 0.29) is 34.7 Å². The van der Waals surface area contributed by atoms with Gasteiger partial charge < -0.3 is 10.1 Å². The van der Waals surface area contributed by atoms with E-state index in [1.807, 2.05) is 12.1 Å². The van der Waals surface area contributed by atoms with Gasteiger partial charge >= 0.3 is 0 Å². The molecular formula is C22H22N4O5S. The van der Waals surface area contributed by atoms with Gasteiger partial charge in [-0.3, -0.25) is 24.3 Å². The molecule has 0 saturated heterocycles. The summed E-state index contributed by atoms with van der Waals surface area (Å²) in [7, 11) is 1.38. The van der Waals surface area contributed by atoms with E-state index >= 15 is 0 Å². The summed E-state index contributed by atoms with van der Waals surface area (Å²) in [6.07, 6.45) is 3.96. The summed E-state index contributed by atoms with van der Waals surface area (Å²) in [5.74, 6) is -0.107. The number of aromatic nitrogens is 2. The molecule has 1 fully saturated rings. The number of hydrogen-bond donors (Lipinski definition) is 1. The number of methoxy groups -OCH3 is 1. The van der Waals surface area contributed by atoms with Crippen molar-refractivity contribution in [3.05, 3.63) is 62.9 Å². The largest absolute Gasteiger partial charge is 0.494 e. The molecule has 32 heavy (non-hydrogen) atoms. The Bertz CT molecular complexity index is 1240. The molecular weight excluding hydrogens is 432 g/mol. The van der Waals surface area contributed by atoms with Crippen molar-refractivity contribution in [1.82, 2.24) is 9.55 Å². The minimum Gasteiger partial charge on any atom is -0.494 e. The predicted octanol–water partition coefficient (Wildman–Crippen LogP) is 4.16. The van der Waals surface area contributed by atoms with Crippen LogP contribution in [0.1, 0.15) is 31.7 Å². The third kappa shape index (κ3) is 4.45. The quantitative estimate of drug-likeness (QED) is 0.247. The highest BCUT2D eigenvalue weighted by molar-refractivity contribution is 7.99. The maximum atomic E-state index is 13.2. The smallest absolute Gasteiger partial charge is 0.273 e. The molecule has 1 saturated carbocycles. The molecule has 1 N–H and O–H groups in total. The molecule has 2 aromatic carbocycles. The number of non-ortho nitro benzene ring substituents is 1. The number of carbonyl (C=O) groups is 1. The number of nitrogens with zero attached hydrogens (tertiary/aromatic N) is 3. The van der Waals surface area contributed by atoms with Crippen molar-refractivity contribution in [2.24, 2.45) is 0 Å². The molecule has 1 aliphatic rings. The van der Waals surface area contributed by atoms with Crippen LogP contribution in [0.25, 0.3) is 10.9 Å². The number of rotatable bonds is 7. The van der Waals surface area contributed by atoms with Gasteiger partial charge in [0.2, 0.25) is 5.91 Å². The number of nitro groups is 1. The summed E-state index contributed by atoms with van der Waals surface area (Å²) in [6, 6.07) is 11.3. The molecule has 1 heterocycles. The second kappa shape index (κ2) is 9.39. The van der Waals surface area contributed by atoms with Crippen molar-refractivity contribution < 1.29 is 14.5 Å². The van der Waals surface area contributed by atoms with Gasteiger partial charge in [0.1, 0.15) is 5.75 Å². The SMILES string of the molecule is COc1cc([N+](=O)[O-])ccc1NC(=O)CSc1nc2ccccc2c(=O)n1C1CCCC1. The average Bonchev–Trinajstić information content (AvgIpc) is 3.32. The van der Waals surface area contributed by atoms with Gasteiger partial charge in [0.15, 0.2) is 5.16 Å². The molecule has 0 radical (unpaired) electrons. The molecule has 0 bridgehead atoms. The number of nitrogens with one attached hydrogen (secondary N) is 1. The standard InChI is InChI=1S/C22H22N4O5S/c1-31-19-12-15(26(29)30)10-11-18(19)23-20(27)13-32-22-24-17-9-5-4-8-16(17)21(28)25(22)14-6-2-3-7-14/h4-5,8-12,14H,2-3,6-7,13H2,1H3,(H,23,27). The Morgan fingerprint density at radius 1 is 1.28 bits per heavy atom. The van der Waals surface area contributed by atoms with Gasteiger partial charge in [0.05, 0.1) is 40.4 Å². The number of thioether (sulfide) groups is 1. The van der Waals surface area contributed by atoms with Gasteiger partial charge in [-0.2, -0.15) is 0 Å². The fourth-order valence-electron chi connectivity index (χ4n) is 3.92. The molecule has 10 heteroatoms. The van der Waals surface area contributed by atoms with Crippen molar-refractivity contribution in [3.63, 3.8) is 0 Å². The van der Waals surface area contributed by atoms with Crippen LogP contribution >= 0.6 is 11.8 Å². The Balaban J connectivity index is 1.56. The van der Waals surface area contributed by atoms with Crippen molar-refractivity contribution in [2.75, 3.05) is 18.2 Å². The highest BCUT2D eigenvalue weighted by Gasteiger charge is 2.23. The van der Waals surface area contributed by atoms with E-state index < -0.39 is 4.92 Å². The molecule has 4 rings (SSSR count). The molecule has 0 atom stereocenters. The van der Waals surface area contributed by atoms with E-state index in [1.165, 1.54) is 37.1 Å². The Labute approximate surface area is 187 Å². The second-order valence-corrected chi connectivity index (χ2v) is 8.45. The summed E-state index contributed by atoms with van der Waals surface area (Å²) >= 11 is 1.20. The fourth-order valence-corrected chi connectivity index (χ4v) is 4.79. The number of benzene rings is 2. The van der Waals surface area contributed by atoms with E-state index in [0.717, 1.165) is 25.7 Å². The summed E-state index contributed by atoms with van der Waals surface area (Å²) < 4.78 is 6.90. The monoisotopic (exact) mass is 454 g/mol. The summed E-state index contributed by atoms with van der Waals surface area (Å²) in [6.45, 7) is 0. The average molecular weight is 455 g/mol. The second-order valence-electron chi connectivity index (χ2n) is 7.50. The number of anilines is 1. The van der Waals surface area contributed by atoms with Gasteiger partial charge in [-0.25, -0.2) is 4.98 Å². The van der Waals surface area contributed by atoms with Crippen LogP contribution in [-0.4, -0.2) is 33.2 Å². The summed E-state index contributed by atoms with van der Waals surface area (Å²) in [5, 5.41) is 14.8. The van der Waals surface area contributed by atoms with Crippen LogP contribution in [-0.2, 0) is 4.79 Å². The minimum absolute atomic E-state index is 0.0254. The van der Waals surface area contributed by atoms with Crippen molar-refractivity contribution in [2.45, 2.75) is 36.9 Å². The van der Waals surface area contributed by atoms with Gasteiger partial charge in [-0.15, -0.1) is 0 Å². The fraction of sp³-hybridized carbons (Fsp3) is 0.318. The zero-order valence-corrected chi connectivity index (χ0v) is 18.3. The van der Waals surface area contributed by atoms with Crippen LogP contribution in [0.4, 0.5) is 11.4 Å². The van der Waals surface area contributed by atoms with E-state index in [2.05, 4.69) is 10.3 Å². The van der Waals surface area contributed by atoms with Gasteiger partial charge in [-0.1, -0.05) is 36.7 Å². The Kier molecular flexibility index (Phi) is 6.40. The molecule has 0 aliphatic heterocycles. The van der Waals surface area contributed by atoms with Crippen LogP contribution in [0, 0.1) is 10.1 Å². The summed E-state index contributed by atoms with van der Waals surface area (Å²) in [4.78, 5) is 40.9. The normalized spacial score (nSPS) is 13.9. The minimum atomic E-state index is -0.530. The Morgan fingerprint density at radius 2 is 2.03 bits per heavy atom. The Morgan fingerprint density at radius 3 is 2.75 bits per heavy atom. The van der Waals surface area contributed by atoms with Crippen LogP contribution in [0.15, 0.2) is 52.4 Å². The van der Waals surface area contributed by atoms with Crippen LogP contribution in [0.2, 0.25) is 0 Å². The zero-order valence-electron chi connectivity index (χ0n) is 17.4. The number of carbonyl (C=O) groups excluding carboxylic acids is 1. The number of hydrogen-bond acceptors (Lipinski definition) is 7. The van der Waals surface area contributed by atoms with Crippen molar-refractivity contribution >= 4 is 39.9 Å². The topological polar surface area (TPSA) is 116 Å². The van der Waals surface area contributed by atoms with E-state index in [4.69, 9.17) is 4.74 Å². The van der Waals surface area contributed by atoms with Crippen LogP contribution in [0.3, 0.4) is 0 Å². The molecule has 166 valence electrons. The molecule has 0 spiro atoms. The van der Waals surface area contributed by atoms with E-state index in [1.54, 1.807) is 16.7 Å². The first-order valence-electron chi connectivity index (χ1n) is 10.2. The first-order valence-corrected chi connectivity index (χ1v) is 11.2. The van der Waals surface area contributed by atoms with Crippen molar-refractivity contribution in [1.29, 1.82) is 0 Å². The van der Waals surface area contributed by atoms with Crippen LogP contribution < -0.4 is 15.6 Å². The molecule has 1 amide bonds. The predicted molar refractivity (Wildman–Crippen MR) is 123 cm³/mol. The lowest BCUT2D eigenvalue weighted by molar-refractivity contribution is -0.384. The molecule has 1 aromatic heterocycles. The molecule has 3 aromatic rings. The number of para-hydroxylation sites is 1. The lowest BCUT2D eigenvalue weighted by Gasteiger charge is -2.18. The van der Waals surface area contributed by atoms with Crippen LogP contribution in [0.5, 0.6) is 5.75 Å². The van der Waals surface area contributed by atoms with Gasteiger partial charge in [0.25, 0.3) is 11.2 Å². The first-order chi connectivity index (χ1) is 15.5. The number of ether oxygens (including phenoxy) is 1. The number of fused-ring (bicyclic) bond motifs is 1. The summed E-state index contributed by atoms with van der Waals surface area (Å²) in [5.41, 5.74) is 0.729.